The van der Waals surface area contributed by atoms with E-state index in [2.05, 4.69) is 26.6 Å². The van der Waals surface area contributed by atoms with Crippen LogP contribution in [0.5, 0.6) is 0 Å². The summed E-state index contributed by atoms with van der Waals surface area (Å²) >= 11 is 0. The first kappa shape index (κ1) is 55.2. The van der Waals surface area contributed by atoms with E-state index in [4.69, 9.17) is 4.74 Å². The van der Waals surface area contributed by atoms with Gasteiger partial charge in [-0.3, -0.25) is 38.5 Å². The molecule has 0 radical (unpaired) electrons. The van der Waals surface area contributed by atoms with Crippen LogP contribution in [-0.2, 0) is 51.5 Å². The Morgan fingerprint density at radius 2 is 1.39 bits per heavy atom. The number of aliphatic hydroxyl groups is 1. The number of carbonyl (C=O) groups is 8. The molecule has 0 saturated carbocycles. The molecule has 1 aliphatic rings. The number of hydrogen-bond acceptors (Lipinski definition) is 10. The van der Waals surface area contributed by atoms with Gasteiger partial charge in [0.25, 0.3) is 11.8 Å². The van der Waals surface area contributed by atoms with Crippen LogP contribution in [0.15, 0.2) is 103 Å². The third-order valence-electron chi connectivity index (χ3n) is 11.7. The van der Waals surface area contributed by atoms with E-state index in [9.17, 15) is 47.9 Å². The van der Waals surface area contributed by atoms with E-state index in [1.54, 1.807) is 50.4 Å². The van der Waals surface area contributed by atoms with Crippen LogP contribution in [0.3, 0.4) is 0 Å². The number of nitrogens with zero attached hydrogens (tertiary/aromatic N) is 3. The normalized spacial score (nSPS) is 14.0. The van der Waals surface area contributed by atoms with Gasteiger partial charge in [-0.1, -0.05) is 95.3 Å². The Morgan fingerprint density at radius 3 is 2.00 bits per heavy atom. The number of nitrogens with one attached hydrogen (secondary N) is 5. The molecule has 0 unspecified atom stereocenters. The SMILES string of the molecule is CC(C)[C@H](NC(=O)OCc1ccccc1)C(=O)N[C@@H](C)C(=O)N[C@@H](CCN(C(=O)CO)[C@@H](c1cc(-c2cc(F)ccc2F)cn1Cc1ccccc1)C(C)(C)C)C(=O)NCCNC(=O)CN1C(=O)C=CC1=O. The summed E-state index contributed by atoms with van der Waals surface area (Å²) in [4.78, 5) is 107. The molecule has 4 aromatic rings. The van der Waals surface area contributed by atoms with Gasteiger partial charge in [0.15, 0.2) is 0 Å². The number of imide groups is 1. The fourth-order valence-electron chi connectivity index (χ4n) is 8.03. The molecule has 0 fully saturated rings. The van der Waals surface area contributed by atoms with Gasteiger partial charge in [0.2, 0.25) is 29.5 Å². The Balaban J connectivity index is 1.39. The van der Waals surface area contributed by atoms with Crippen LogP contribution in [0, 0.1) is 23.0 Å². The summed E-state index contributed by atoms with van der Waals surface area (Å²) in [6.45, 7) is 8.31. The summed E-state index contributed by atoms with van der Waals surface area (Å²) in [5.41, 5.74) is 1.50. The third-order valence-corrected chi connectivity index (χ3v) is 11.7. The Labute approximate surface area is 416 Å². The number of aliphatic hydroxyl groups excluding tert-OH is 1. The second-order valence-electron chi connectivity index (χ2n) is 18.6. The lowest BCUT2D eigenvalue weighted by Gasteiger charge is -2.41. The number of ether oxygens (including phenoxy) is 1. The molecule has 1 aromatic heterocycles. The largest absolute Gasteiger partial charge is 0.445 e. The van der Waals surface area contributed by atoms with Crippen molar-refractivity contribution in [2.24, 2.45) is 11.3 Å². The highest BCUT2D eigenvalue weighted by Crippen LogP contribution is 2.41. The monoisotopic (exact) mass is 996 g/mol. The zero-order valence-electron chi connectivity index (χ0n) is 41.1. The minimum Gasteiger partial charge on any atom is -0.445 e. The summed E-state index contributed by atoms with van der Waals surface area (Å²) in [6, 6.07) is 18.2. The average molecular weight is 997 g/mol. The molecule has 72 heavy (non-hydrogen) atoms. The zero-order chi connectivity index (χ0) is 52.7. The number of benzene rings is 3. The molecule has 384 valence electrons. The van der Waals surface area contributed by atoms with Crippen LogP contribution in [0.4, 0.5) is 13.6 Å². The van der Waals surface area contributed by atoms with E-state index < -0.39 is 108 Å². The van der Waals surface area contributed by atoms with Crippen molar-refractivity contribution >= 4 is 47.4 Å². The van der Waals surface area contributed by atoms with Gasteiger partial charge >= 0.3 is 6.09 Å². The van der Waals surface area contributed by atoms with Crippen LogP contribution in [0.2, 0.25) is 0 Å². The molecule has 8 amide bonds. The minimum atomic E-state index is -1.42. The molecular formula is C52H62F2N8O10. The van der Waals surface area contributed by atoms with Gasteiger partial charge in [-0.25, -0.2) is 13.6 Å². The maximum absolute atomic E-state index is 15.3. The second-order valence-corrected chi connectivity index (χ2v) is 18.6. The Bertz CT molecular complexity index is 2600. The number of hydrogen-bond donors (Lipinski definition) is 6. The van der Waals surface area contributed by atoms with Crippen molar-refractivity contribution in [3.8, 4) is 11.1 Å². The fourth-order valence-corrected chi connectivity index (χ4v) is 8.03. The third kappa shape index (κ3) is 15.4. The van der Waals surface area contributed by atoms with Crippen molar-refractivity contribution in [3.63, 3.8) is 0 Å². The van der Waals surface area contributed by atoms with Gasteiger partial charge in [-0.05, 0) is 60.1 Å². The lowest BCUT2D eigenvalue weighted by atomic mass is 9.82. The standard InChI is InChI=1S/C52H62F2N8O10/c1-32(2)46(59-51(71)72-31-35-15-11-8-12-16-35)50(70)57-33(3)48(68)58-40(49(69)56-23-22-55-42(64)29-62-43(65)19-20-44(62)66)21-24-61(45(67)30-63)47(52(4,5)6)41-25-36(38-26-37(53)17-18-39(38)54)28-60(41)27-34-13-9-7-10-14-34/h7-20,25-26,28,32-33,40,46-47,63H,21-24,27,29-31H2,1-6H3,(H,55,64)(H,56,69)(H,57,70)(H,58,68)(H,59,71)/t33-,40-,46-,47-/m0/s1. The molecule has 0 bridgehead atoms. The van der Waals surface area contributed by atoms with Crippen molar-refractivity contribution in [2.45, 2.75) is 85.3 Å². The van der Waals surface area contributed by atoms with Gasteiger partial charge in [0.1, 0.15) is 49.5 Å². The molecule has 1 aliphatic heterocycles. The molecular weight excluding hydrogens is 935 g/mol. The first-order valence-corrected chi connectivity index (χ1v) is 23.4. The number of amides is 8. The predicted octanol–water partition coefficient (Wildman–Crippen LogP) is 3.88. The summed E-state index contributed by atoms with van der Waals surface area (Å²) in [7, 11) is 0. The summed E-state index contributed by atoms with van der Waals surface area (Å²) in [5.74, 6) is -6.88. The minimum absolute atomic E-state index is 0.0267. The number of carbonyl (C=O) groups excluding carboxylic acids is 8. The Kier molecular flexibility index (Phi) is 19.5. The molecule has 0 spiro atoms. The molecule has 0 aliphatic carbocycles. The topological polar surface area (TPSA) is 238 Å². The molecule has 2 heterocycles. The lowest BCUT2D eigenvalue weighted by molar-refractivity contribution is -0.141. The summed E-state index contributed by atoms with van der Waals surface area (Å²) in [6.07, 6.45) is 2.58. The maximum Gasteiger partial charge on any atom is 0.408 e. The molecule has 0 saturated heterocycles. The summed E-state index contributed by atoms with van der Waals surface area (Å²) < 4.78 is 37.0. The molecule has 5 rings (SSSR count). The van der Waals surface area contributed by atoms with Crippen molar-refractivity contribution in [1.82, 2.24) is 41.0 Å². The van der Waals surface area contributed by atoms with E-state index in [0.717, 1.165) is 46.4 Å². The highest BCUT2D eigenvalue weighted by molar-refractivity contribution is 6.14. The Hall–Kier alpha value is -7.74. The molecule has 3 aromatic carbocycles. The number of halogens is 2. The number of aromatic nitrogens is 1. The zero-order valence-corrected chi connectivity index (χ0v) is 41.1. The van der Waals surface area contributed by atoms with Crippen LogP contribution < -0.4 is 26.6 Å². The van der Waals surface area contributed by atoms with E-state index >= 15 is 4.39 Å². The van der Waals surface area contributed by atoms with Gasteiger partial charge < -0.3 is 45.9 Å². The van der Waals surface area contributed by atoms with Crippen LogP contribution in [0.25, 0.3) is 11.1 Å². The summed E-state index contributed by atoms with van der Waals surface area (Å²) in [5, 5.41) is 23.4. The smallest absolute Gasteiger partial charge is 0.408 e. The molecule has 6 N–H and O–H groups in total. The quantitative estimate of drug-likeness (QED) is 0.0464. The van der Waals surface area contributed by atoms with E-state index in [0.29, 0.717) is 11.3 Å². The molecule has 18 nitrogen and oxygen atoms in total. The highest BCUT2D eigenvalue weighted by atomic mass is 19.1. The Morgan fingerprint density at radius 1 is 0.764 bits per heavy atom. The van der Waals surface area contributed by atoms with Gasteiger partial charge in [0, 0.05) is 61.3 Å². The van der Waals surface area contributed by atoms with Gasteiger partial charge in [-0.2, -0.15) is 0 Å². The van der Waals surface area contributed by atoms with E-state index in [1.807, 2.05) is 61.7 Å². The second kappa shape index (κ2) is 25.4. The van der Waals surface area contributed by atoms with Crippen molar-refractivity contribution < 1.29 is 57.0 Å². The van der Waals surface area contributed by atoms with Crippen molar-refractivity contribution in [1.29, 1.82) is 0 Å². The van der Waals surface area contributed by atoms with Crippen molar-refractivity contribution in [2.75, 3.05) is 32.8 Å². The number of alkyl carbamates (subject to hydrolysis) is 1. The number of rotatable bonds is 23. The lowest BCUT2D eigenvalue weighted by Crippen LogP contribution is -2.57. The van der Waals surface area contributed by atoms with E-state index in [1.165, 1.54) is 11.8 Å². The van der Waals surface area contributed by atoms with Gasteiger partial charge in [0.05, 0.1) is 6.04 Å². The van der Waals surface area contributed by atoms with Gasteiger partial charge in [-0.15, -0.1) is 0 Å². The highest BCUT2D eigenvalue weighted by Gasteiger charge is 2.38. The first-order chi connectivity index (χ1) is 34.2. The van der Waals surface area contributed by atoms with E-state index in [-0.39, 0.29) is 44.8 Å². The van der Waals surface area contributed by atoms with Crippen molar-refractivity contribution in [3.05, 3.63) is 132 Å². The van der Waals surface area contributed by atoms with Crippen LogP contribution in [0.1, 0.15) is 70.8 Å². The molecule has 20 heteroatoms. The first-order valence-electron chi connectivity index (χ1n) is 23.4. The predicted molar refractivity (Wildman–Crippen MR) is 261 cm³/mol. The van der Waals surface area contributed by atoms with Crippen LogP contribution >= 0.6 is 0 Å². The molecule has 4 atom stereocenters. The van der Waals surface area contributed by atoms with Crippen LogP contribution in [-0.4, -0.2) is 118 Å². The maximum atomic E-state index is 15.3. The average Bonchev–Trinajstić information content (AvgIpc) is 3.89. The fraction of sp³-hybridized carbons (Fsp3) is 0.385.